The Kier molecular flexibility index (Phi) is 4.62. The van der Waals surface area contributed by atoms with Crippen molar-refractivity contribution in [3.05, 3.63) is 64.3 Å². The van der Waals surface area contributed by atoms with Gasteiger partial charge in [0.05, 0.1) is 6.20 Å². The van der Waals surface area contributed by atoms with Crippen molar-refractivity contribution in [2.45, 2.75) is 20.8 Å². The van der Waals surface area contributed by atoms with Gasteiger partial charge in [0.15, 0.2) is 5.82 Å². The van der Waals surface area contributed by atoms with Crippen LogP contribution in [-0.4, -0.2) is 15.2 Å². The summed E-state index contributed by atoms with van der Waals surface area (Å²) in [6.45, 7) is 6.13. The van der Waals surface area contributed by atoms with Gasteiger partial charge < -0.3 is 10.6 Å². The zero-order chi connectivity index (χ0) is 17.1. The Labute approximate surface area is 146 Å². The molecule has 0 fully saturated rings. The molecule has 3 rings (SSSR count). The van der Waals surface area contributed by atoms with Gasteiger partial charge in [-0.05, 0) is 67.8 Å². The second kappa shape index (κ2) is 6.84. The Hall–Kier alpha value is -2.66. The smallest absolute Gasteiger partial charge is 0.249 e. The van der Waals surface area contributed by atoms with Crippen LogP contribution in [0.2, 0.25) is 5.02 Å². The summed E-state index contributed by atoms with van der Waals surface area (Å²) in [7, 11) is 0. The summed E-state index contributed by atoms with van der Waals surface area (Å²) < 4.78 is 0. The maximum Gasteiger partial charge on any atom is 0.249 e. The van der Waals surface area contributed by atoms with Gasteiger partial charge in [-0.1, -0.05) is 17.7 Å². The van der Waals surface area contributed by atoms with Gasteiger partial charge in [0.1, 0.15) is 0 Å². The number of rotatable bonds is 4. The van der Waals surface area contributed by atoms with E-state index < -0.39 is 0 Å². The van der Waals surface area contributed by atoms with Gasteiger partial charge in [0.2, 0.25) is 5.95 Å². The van der Waals surface area contributed by atoms with Crippen molar-refractivity contribution in [2.75, 3.05) is 10.6 Å². The topological polar surface area (TPSA) is 62.7 Å². The van der Waals surface area contributed by atoms with Gasteiger partial charge in [0, 0.05) is 16.4 Å². The number of aryl methyl sites for hydroxylation is 3. The molecule has 5 nitrogen and oxygen atoms in total. The first-order valence-electron chi connectivity index (χ1n) is 7.58. The Balaban J connectivity index is 1.79. The molecule has 3 aromatic rings. The summed E-state index contributed by atoms with van der Waals surface area (Å²) in [5.41, 5.74) is 5.34. The van der Waals surface area contributed by atoms with Crippen molar-refractivity contribution in [1.29, 1.82) is 0 Å². The van der Waals surface area contributed by atoms with Crippen molar-refractivity contribution in [3.8, 4) is 0 Å². The zero-order valence-corrected chi connectivity index (χ0v) is 14.5. The first kappa shape index (κ1) is 16.2. The van der Waals surface area contributed by atoms with Gasteiger partial charge in [-0.2, -0.15) is 10.1 Å². The second-order valence-corrected chi connectivity index (χ2v) is 6.11. The van der Waals surface area contributed by atoms with E-state index in [1.54, 1.807) is 6.20 Å². The molecular weight excluding hydrogens is 322 g/mol. The van der Waals surface area contributed by atoms with E-state index in [1.807, 2.05) is 31.2 Å². The number of benzene rings is 2. The molecule has 24 heavy (non-hydrogen) atoms. The molecule has 0 saturated heterocycles. The maximum absolute atomic E-state index is 5.98. The Morgan fingerprint density at radius 2 is 1.71 bits per heavy atom. The number of halogens is 1. The van der Waals surface area contributed by atoms with Crippen LogP contribution in [0.4, 0.5) is 23.1 Å². The van der Waals surface area contributed by atoms with Crippen molar-refractivity contribution in [2.24, 2.45) is 0 Å². The number of aromatic nitrogens is 3. The summed E-state index contributed by atoms with van der Waals surface area (Å²) in [6, 6.07) is 11.8. The molecule has 0 aliphatic rings. The molecule has 0 atom stereocenters. The average molecular weight is 340 g/mol. The van der Waals surface area contributed by atoms with E-state index in [4.69, 9.17) is 11.6 Å². The van der Waals surface area contributed by atoms with Crippen LogP contribution < -0.4 is 10.6 Å². The fourth-order valence-corrected chi connectivity index (χ4v) is 2.50. The molecule has 0 bridgehead atoms. The van der Waals surface area contributed by atoms with Crippen molar-refractivity contribution in [3.63, 3.8) is 0 Å². The molecule has 0 aliphatic carbocycles. The van der Waals surface area contributed by atoms with E-state index in [9.17, 15) is 0 Å². The highest BCUT2D eigenvalue weighted by atomic mass is 35.5. The minimum absolute atomic E-state index is 0.440. The highest BCUT2D eigenvalue weighted by Crippen LogP contribution is 2.23. The number of nitrogens with one attached hydrogen (secondary N) is 2. The fraction of sp³-hybridized carbons (Fsp3) is 0.167. The molecular formula is C18H18ClN5. The minimum atomic E-state index is 0.440. The number of anilines is 4. The highest BCUT2D eigenvalue weighted by Gasteiger charge is 2.05. The molecule has 0 unspecified atom stereocenters. The van der Waals surface area contributed by atoms with E-state index in [0.29, 0.717) is 16.8 Å². The predicted octanol–water partition coefficient (Wildman–Crippen LogP) is 4.94. The summed E-state index contributed by atoms with van der Waals surface area (Å²) in [4.78, 5) is 4.45. The first-order chi connectivity index (χ1) is 11.5. The van der Waals surface area contributed by atoms with Crippen molar-refractivity contribution >= 4 is 34.7 Å². The summed E-state index contributed by atoms with van der Waals surface area (Å²) in [5.74, 6) is 1.05. The molecule has 2 N–H and O–H groups in total. The lowest BCUT2D eigenvalue weighted by Crippen LogP contribution is -2.03. The Morgan fingerprint density at radius 3 is 2.46 bits per heavy atom. The van der Waals surface area contributed by atoms with Crippen LogP contribution in [0.25, 0.3) is 0 Å². The second-order valence-electron chi connectivity index (χ2n) is 5.67. The van der Waals surface area contributed by atoms with Gasteiger partial charge >= 0.3 is 0 Å². The Bertz CT molecular complexity index is 879. The number of hydrogen-bond acceptors (Lipinski definition) is 5. The molecule has 0 amide bonds. The van der Waals surface area contributed by atoms with Crippen LogP contribution in [0.1, 0.15) is 16.7 Å². The maximum atomic E-state index is 5.98. The third kappa shape index (κ3) is 3.81. The lowest BCUT2D eigenvalue weighted by atomic mass is 10.1. The predicted molar refractivity (Wildman–Crippen MR) is 98.5 cm³/mol. The lowest BCUT2D eigenvalue weighted by molar-refractivity contribution is 0.982. The van der Waals surface area contributed by atoms with Crippen LogP contribution in [0.5, 0.6) is 0 Å². The molecule has 0 radical (unpaired) electrons. The zero-order valence-electron chi connectivity index (χ0n) is 13.8. The highest BCUT2D eigenvalue weighted by molar-refractivity contribution is 6.30. The van der Waals surface area contributed by atoms with E-state index >= 15 is 0 Å². The van der Waals surface area contributed by atoms with E-state index in [2.05, 4.69) is 51.8 Å². The van der Waals surface area contributed by atoms with Crippen LogP contribution >= 0.6 is 11.6 Å². The van der Waals surface area contributed by atoms with Crippen LogP contribution in [-0.2, 0) is 0 Å². The molecule has 6 heteroatoms. The van der Waals surface area contributed by atoms with Gasteiger partial charge in [0.25, 0.3) is 0 Å². The van der Waals surface area contributed by atoms with E-state index in [1.165, 1.54) is 11.1 Å². The fourth-order valence-electron chi connectivity index (χ4n) is 2.27. The average Bonchev–Trinajstić information content (AvgIpc) is 2.54. The molecule has 0 spiro atoms. The number of nitrogens with zero attached hydrogens (tertiary/aromatic N) is 3. The standard InChI is InChI=1S/C18H18ClN5/c1-11-4-6-15(9-12(11)2)21-18-23-17(10-20-24-18)22-16-7-5-14(19)8-13(16)3/h4-10H,1-3H3,(H2,21,22,23,24). The molecule has 0 saturated carbocycles. The summed E-state index contributed by atoms with van der Waals surface area (Å²) >= 11 is 5.98. The third-order valence-corrected chi connectivity index (χ3v) is 4.01. The molecule has 0 aliphatic heterocycles. The van der Waals surface area contributed by atoms with Crippen molar-refractivity contribution < 1.29 is 0 Å². The summed E-state index contributed by atoms with van der Waals surface area (Å²) in [6.07, 6.45) is 1.58. The molecule has 2 aromatic carbocycles. The van der Waals surface area contributed by atoms with E-state index in [0.717, 1.165) is 16.9 Å². The van der Waals surface area contributed by atoms with Crippen LogP contribution in [0, 0.1) is 20.8 Å². The lowest BCUT2D eigenvalue weighted by Gasteiger charge is -2.10. The van der Waals surface area contributed by atoms with Gasteiger partial charge in [-0.15, -0.1) is 5.10 Å². The van der Waals surface area contributed by atoms with Crippen molar-refractivity contribution in [1.82, 2.24) is 15.2 Å². The Morgan fingerprint density at radius 1 is 0.875 bits per heavy atom. The SMILES string of the molecule is Cc1ccc(Nc2nncc(Nc3ccc(Cl)cc3C)n2)cc1C. The van der Waals surface area contributed by atoms with Crippen LogP contribution in [0.3, 0.4) is 0 Å². The summed E-state index contributed by atoms with van der Waals surface area (Å²) in [5, 5.41) is 15.1. The number of hydrogen-bond donors (Lipinski definition) is 2. The normalized spacial score (nSPS) is 10.5. The third-order valence-electron chi connectivity index (χ3n) is 3.77. The quantitative estimate of drug-likeness (QED) is 0.705. The molecule has 1 heterocycles. The minimum Gasteiger partial charge on any atom is -0.339 e. The van der Waals surface area contributed by atoms with Crippen LogP contribution in [0.15, 0.2) is 42.6 Å². The van der Waals surface area contributed by atoms with Gasteiger partial charge in [-0.25, -0.2) is 0 Å². The molecule has 122 valence electrons. The van der Waals surface area contributed by atoms with E-state index in [-0.39, 0.29) is 0 Å². The molecule has 1 aromatic heterocycles. The monoisotopic (exact) mass is 339 g/mol. The first-order valence-corrected chi connectivity index (χ1v) is 7.96. The van der Waals surface area contributed by atoms with Gasteiger partial charge in [-0.3, -0.25) is 0 Å². The largest absolute Gasteiger partial charge is 0.339 e.